The maximum atomic E-state index is 6.19. The Balaban J connectivity index is 1.52. The van der Waals surface area contributed by atoms with Crippen LogP contribution in [-0.2, 0) is 13.2 Å². The van der Waals surface area contributed by atoms with Gasteiger partial charge in [-0.3, -0.25) is 0 Å². The molecule has 5 nitrogen and oxygen atoms in total. The lowest BCUT2D eigenvalue weighted by Gasteiger charge is -2.12. The van der Waals surface area contributed by atoms with Crippen molar-refractivity contribution in [3.05, 3.63) is 101 Å². The number of rotatable bonds is 9. The van der Waals surface area contributed by atoms with Crippen molar-refractivity contribution in [1.82, 2.24) is 5.43 Å². The van der Waals surface area contributed by atoms with Crippen LogP contribution >= 0.6 is 0 Å². The second-order valence-corrected chi connectivity index (χ2v) is 7.76. The minimum absolute atomic E-state index is 0.499. The molecule has 0 radical (unpaired) electrons. The van der Waals surface area contributed by atoms with E-state index < -0.39 is 0 Å². The van der Waals surface area contributed by atoms with Crippen molar-refractivity contribution >= 4 is 17.0 Å². The number of nitrogens with zero attached hydrogens (tertiary/aromatic N) is 1. The highest BCUT2D eigenvalue weighted by Gasteiger charge is 2.08. The monoisotopic (exact) mass is 440 g/mol. The molecule has 0 heterocycles. The Hall–Kier alpha value is -3.99. The number of methoxy groups -OCH3 is 2. The highest BCUT2D eigenvalue weighted by molar-refractivity contribution is 6.02. The third-order valence-electron chi connectivity index (χ3n) is 5.46. The summed E-state index contributed by atoms with van der Waals surface area (Å²) in [7, 11) is 3.26. The van der Waals surface area contributed by atoms with Crippen LogP contribution in [0.2, 0.25) is 0 Å². The lowest BCUT2D eigenvalue weighted by molar-refractivity contribution is 0.306. The fourth-order valence-electron chi connectivity index (χ4n) is 3.62. The molecule has 33 heavy (non-hydrogen) atoms. The molecule has 168 valence electrons. The zero-order chi connectivity index (χ0) is 23.0. The first-order valence-electron chi connectivity index (χ1n) is 10.8. The number of ether oxygens (including phenoxy) is 3. The van der Waals surface area contributed by atoms with E-state index in [2.05, 4.69) is 59.9 Å². The number of fused-ring (bicyclic) bond motifs is 1. The Kier molecular flexibility index (Phi) is 7.10. The fraction of sp³-hybridized carbons (Fsp3) is 0.179. The van der Waals surface area contributed by atoms with E-state index >= 15 is 0 Å². The van der Waals surface area contributed by atoms with Gasteiger partial charge in [-0.15, -0.1) is 0 Å². The predicted octanol–water partition coefficient (Wildman–Crippen LogP) is 5.87. The van der Waals surface area contributed by atoms with Crippen molar-refractivity contribution in [2.75, 3.05) is 14.2 Å². The molecular weight excluding hydrogens is 412 g/mol. The van der Waals surface area contributed by atoms with Crippen molar-refractivity contribution in [2.45, 2.75) is 20.1 Å². The number of hydrogen-bond donors (Lipinski definition) is 1. The average Bonchev–Trinajstić information content (AvgIpc) is 2.86. The van der Waals surface area contributed by atoms with Crippen LogP contribution in [0.15, 0.2) is 84.0 Å². The molecule has 0 saturated carbocycles. The predicted molar refractivity (Wildman–Crippen MR) is 133 cm³/mol. The van der Waals surface area contributed by atoms with E-state index in [0.717, 1.165) is 33.2 Å². The zero-order valence-electron chi connectivity index (χ0n) is 19.2. The fourth-order valence-corrected chi connectivity index (χ4v) is 3.62. The van der Waals surface area contributed by atoms with Gasteiger partial charge in [0.25, 0.3) is 0 Å². The van der Waals surface area contributed by atoms with Crippen LogP contribution in [-0.4, -0.2) is 20.4 Å². The van der Waals surface area contributed by atoms with Crippen LogP contribution in [0.4, 0.5) is 0 Å². The largest absolute Gasteiger partial charge is 0.493 e. The van der Waals surface area contributed by atoms with Crippen molar-refractivity contribution in [3.8, 4) is 17.2 Å². The molecule has 0 amide bonds. The zero-order valence-corrected chi connectivity index (χ0v) is 19.2. The van der Waals surface area contributed by atoms with Crippen molar-refractivity contribution in [3.63, 3.8) is 0 Å². The maximum absolute atomic E-state index is 6.19. The second-order valence-electron chi connectivity index (χ2n) is 7.76. The van der Waals surface area contributed by atoms with Crippen LogP contribution in [0.5, 0.6) is 17.2 Å². The molecule has 4 aromatic rings. The third kappa shape index (κ3) is 5.44. The van der Waals surface area contributed by atoms with Gasteiger partial charge >= 0.3 is 0 Å². The van der Waals surface area contributed by atoms with Gasteiger partial charge in [0.2, 0.25) is 0 Å². The Morgan fingerprint density at radius 2 is 1.52 bits per heavy atom. The standard InChI is InChI=1S/C28H28N2O3/c1-20-8-10-21(11-9-20)19-33-26-15-13-23-6-4-5-7-24(23)25(26)18-30-29-17-22-12-14-27(31-2)28(16-22)32-3/h4-16,18,29H,17,19H2,1-3H3/b30-18-. The van der Waals surface area contributed by atoms with Crippen molar-refractivity contribution in [1.29, 1.82) is 0 Å². The van der Waals surface area contributed by atoms with E-state index in [1.807, 2.05) is 42.6 Å². The molecule has 1 N–H and O–H groups in total. The number of hydrogen-bond acceptors (Lipinski definition) is 5. The highest BCUT2D eigenvalue weighted by atomic mass is 16.5. The van der Waals surface area contributed by atoms with Gasteiger partial charge in [0, 0.05) is 5.56 Å². The Labute approximate surface area is 194 Å². The van der Waals surface area contributed by atoms with Gasteiger partial charge in [0.05, 0.1) is 27.0 Å². The minimum atomic E-state index is 0.499. The third-order valence-corrected chi connectivity index (χ3v) is 5.46. The number of hydrazone groups is 1. The highest BCUT2D eigenvalue weighted by Crippen LogP contribution is 2.28. The second kappa shape index (κ2) is 10.6. The number of nitrogens with one attached hydrogen (secondary N) is 1. The topological polar surface area (TPSA) is 52.1 Å². The first-order chi connectivity index (χ1) is 16.2. The van der Waals surface area contributed by atoms with Gasteiger partial charge in [-0.2, -0.15) is 5.10 Å². The number of benzene rings is 4. The summed E-state index contributed by atoms with van der Waals surface area (Å²) in [6.07, 6.45) is 1.83. The molecule has 0 aliphatic rings. The first-order valence-corrected chi connectivity index (χ1v) is 10.8. The summed E-state index contributed by atoms with van der Waals surface area (Å²) >= 11 is 0. The quantitative estimate of drug-likeness (QED) is 0.261. The van der Waals surface area contributed by atoms with E-state index in [4.69, 9.17) is 14.2 Å². The Bertz CT molecular complexity index is 1250. The Morgan fingerprint density at radius 3 is 2.30 bits per heavy atom. The Morgan fingerprint density at radius 1 is 0.788 bits per heavy atom. The van der Waals surface area contributed by atoms with Crippen LogP contribution < -0.4 is 19.6 Å². The summed E-state index contributed by atoms with van der Waals surface area (Å²) in [5.41, 5.74) is 7.48. The van der Waals surface area contributed by atoms with Gasteiger partial charge < -0.3 is 19.6 Å². The van der Waals surface area contributed by atoms with E-state index in [1.54, 1.807) is 14.2 Å². The molecule has 0 aliphatic heterocycles. The molecule has 4 aromatic carbocycles. The van der Waals surface area contributed by atoms with Crippen molar-refractivity contribution in [2.24, 2.45) is 5.10 Å². The maximum Gasteiger partial charge on any atom is 0.161 e. The molecule has 0 unspecified atom stereocenters. The molecule has 0 bridgehead atoms. The van der Waals surface area contributed by atoms with E-state index in [9.17, 15) is 0 Å². The summed E-state index contributed by atoms with van der Waals surface area (Å²) in [6.45, 7) is 3.14. The van der Waals surface area contributed by atoms with Crippen LogP contribution in [0.3, 0.4) is 0 Å². The van der Waals surface area contributed by atoms with Gasteiger partial charge in [0.15, 0.2) is 11.5 Å². The smallest absolute Gasteiger partial charge is 0.161 e. The summed E-state index contributed by atoms with van der Waals surface area (Å²) in [5, 5.41) is 6.72. The molecule has 0 saturated heterocycles. The summed E-state index contributed by atoms with van der Waals surface area (Å²) in [5.74, 6) is 2.20. The summed E-state index contributed by atoms with van der Waals surface area (Å²) < 4.78 is 16.9. The molecule has 0 aliphatic carbocycles. The van der Waals surface area contributed by atoms with Gasteiger partial charge in [0.1, 0.15) is 12.4 Å². The van der Waals surface area contributed by atoms with Crippen LogP contribution in [0, 0.1) is 6.92 Å². The first kappa shape index (κ1) is 22.2. The molecule has 0 spiro atoms. The van der Waals surface area contributed by atoms with Gasteiger partial charge in [-0.25, -0.2) is 0 Å². The molecule has 0 fully saturated rings. The van der Waals surface area contributed by atoms with Gasteiger partial charge in [-0.05, 0) is 47.0 Å². The molecular formula is C28H28N2O3. The van der Waals surface area contributed by atoms with Crippen molar-refractivity contribution < 1.29 is 14.2 Å². The van der Waals surface area contributed by atoms with Crippen LogP contribution in [0.25, 0.3) is 10.8 Å². The lowest BCUT2D eigenvalue weighted by Crippen LogP contribution is -2.07. The number of aryl methyl sites for hydroxylation is 1. The lowest BCUT2D eigenvalue weighted by atomic mass is 10.0. The van der Waals surface area contributed by atoms with E-state index in [-0.39, 0.29) is 0 Å². The molecule has 4 rings (SSSR count). The van der Waals surface area contributed by atoms with E-state index in [1.165, 1.54) is 5.56 Å². The van der Waals surface area contributed by atoms with Crippen LogP contribution in [0.1, 0.15) is 22.3 Å². The minimum Gasteiger partial charge on any atom is -0.493 e. The van der Waals surface area contributed by atoms with E-state index in [0.29, 0.717) is 24.7 Å². The summed E-state index contributed by atoms with van der Waals surface area (Å²) in [4.78, 5) is 0. The molecule has 5 heteroatoms. The normalized spacial score (nSPS) is 11.0. The average molecular weight is 441 g/mol. The van der Waals surface area contributed by atoms with Gasteiger partial charge in [-0.1, -0.05) is 66.2 Å². The molecule has 0 aromatic heterocycles. The summed E-state index contributed by atoms with van der Waals surface area (Å²) in [6, 6.07) is 26.5. The molecule has 0 atom stereocenters. The SMILES string of the molecule is COc1ccc(CN/N=C\c2c(OCc3ccc(C)cc3)ccc3ccccc23)cc1OC.